The first-order valence-electron chi connectivity index (χ1n) is 5.75. The average molecular weight is 250 g/mol. The highest BCUT2D eigenvalue weighted by molar-refractivity contribution is 5.73. The van der Waals surface area contributed by atoms with E-state index in [0.29, 0.717) is 11.4 Å². The number of aryl methyl sites for hydroxylation is 1. The fourth-order valence-corrected chi connectivity index (χ4v) is 1.80. The van der Waals surface area contributed by atoms with Gasteiger partial charge < -0.3 is 4.84 Å². The van der Waals surface area contributed by atoms with Crippen LogP contribution in [0.5, 0.6) is 5.75 Å². The molecule has 5 nitrogen and oxygen atoms in total. The summed E-state index contributed by atoms with van der Waals surface area (Å²) in [7, 11) is 0. The number of para-hydroxylation sites is 1. The molecular weight excluding hydrogens is 240 g/mol. The lowest BCUT2D eigenvalue weighted by Crippen LogP contribution is -2.07. The van der Waals surface area contributed by atoms with Gasteiger partial charge in [-0.1, -0.05) is 28.6 Å². The third-order valence-electron chi connectivity index (χ3n) is 2.74. The van der Waals surface area contributed by atoms with Gasteiger partial charge in [-0.05, 0) is 36.4 Å². The van der Waals surface area contributed by atoms with Crippen molar-refractivity contribution in [3.63, 3.8) is 0 Å². The molecule has 2 aromatic carbocycles. The van der Waals surface area contributed by atoms with E-state index in [1.54, 1.807) is 12.1 Å². The minimum Gasteiger partial charge on any atom is -0.367 e. The zero-order valence-electron chi connectivity index (χ0n) is 10.2. The van der Waals surface area contributed by atoms with Crippen molar-refractivity contribution in [2.75, 3.05) is 0 Å². The van der Waals surface area contributed by atoms with Crippen molar-refractivity contribution in [3.8, 4) is 5.75 Å². The molecule has 1 heterocycles. The van der Waals surface area contributed by atoms with Crippen LogP contribution in [-0.2, 0) is 0 Å². The van der Waals surface area contributed by atoms with Gasteiger partial charge in [-0.3, -0.25) is 0 Å². The summed E-state index contributed by atoms with van der Waals surface area (Å²) in [6.07, 6.45) is 0. The third-order valence-corrected chi connectivity index (χ3v) is 2.74. The molecule has 3 rings (SSSR count). The first kappa shape index (κ1) is 11.2. The second kappa shape index (κ2) is 4.42. The van der Waals surface area contributed by atoms with Crippen molar-refractivity contribution in [1.29, 1.82) is 0 Å². The lowest BCUT2D eigenvalue weighted by molar-refractivity contribution is 0.186. The van der Waals surface area contributed by atoms with E-state index in [2.05, 4.69) is 15.2 Å². The van der Waals surface area contributed by atoms with Crippen LogP contribution in [-0.4, -0.2) is 15.2 Å². The molecule has 0 aliphatic carbocycles. The predicted molar refractivity (Wildman–Crippen MR) is 71.0 cm³/mol. The Morgan fingerprint density at radius 1 is 1.21 bits per heavy atom. The molecule has 0 aliphatic rings. The number of aromatic nitrogens is 3. The molecular formula is C14H10N4O. The van der Waals surface area contributed by atoms with Crippen LogP contribution in [0.15, 0.2) is 42.5 Å². The van der Waals surface area contributed by atoms with Crippen LogP contribution < -0.4 is 4.84 Å². The topological polar surface area (TPSA) is 44.3 Å². The van der Waals surface area contributed by atoms with Gasteiger partial charge in [0.25, 0.3) is 0 Å². The van der Waals surface area contributed by atoms with Gasteiger partial charge in [0, 0.05) is 0 Å². The first-order valence-corrected chi connectivity index (χ1v) is 5.75. The minimum atomic E-state index is 0.458. The number of rotatable bonds is 2. The van der Waals surface area contributed by atoms with Gasteiger partial charge in [-0.2, -0.15) is 0 Å². The molecule has 92 valence electrons. The van der Waals surface area contributed by atoms with E-state index in [-0.39, 0.29) is 0 Å². The maximum atomic E-state index is 7.17. The summed E-state index contributed by atoms with van der Waals surface area (Å²) in [5.74, 6) is 0.469. The van der Waals surface area contributed by atoms with E-state index in [1.807, 2.05) is 37.3 Å². The Labute approximate surface area is 109 Å². The van der Waals surface area contributed by atoms with Crippen LogP contribution in [0, 0.1) is 13.5 Å². The molecule has 0 spiro atoms. The van der Waals surface area contributed by atoms with E-state index in [9.17, 15) is 0 Å². The summed E-state index contributed by atoms with van der Waals surface area (Å²) in [6.45, 7) is 9.11. The fraction of sp³-hybridized carbons (Fsp3) is 0.0714. The lowest BCUT2D eigenvalue weighted by Gasteiger charge is -2.07. The van der Waals surface area contributed by atoms with Gasteiger partial charge in [-0.15, -0.1) is 5.10 Å². The zero-order chi connectivity index (χ0) is 13.2. The van der Waals surface area contributed by atoms with Gasteiger partial charge in [0.15, 0.2) is 5.75 Å². The molecule has 0 saturated heterocycles. The van der Waals surface area contributed by atoms with Crippen LogP contribution in [0.4, 0.5) is 5.69 Å². The second-order valence-corrected chi connectivity index (χ2v) is 4.13. The molecule has 0 fully saturated rings. The SMILES string of the molecule is [C-]#[N+]c1cc(C)ccc1On1nnc2ccccc21. The molecule has 0 amide bonds. The molecule has 0 radical (unpaired) electrons. The average Bonchev–Trinajstić information content (AvgIpc) is 2.84. The quantitative estimate of drug-likeness (QED) is 0.656. The van der Waals surface area contributed by atoms with Crippen molar-refractivity contribution in [1.82, 2.24) is 15.2 Å². The van der Waals surface area contributed by atoms with Crippen LogP contribution in [0.25, 0.3) is 15.9 Å². The van der Waals surface area contributed by atoms with Crippen LogP contribution >= 0.6 is 0 Å². The Balaban J connectivity index is 2.04. The van der Waals surface area contributed by atoms with Crippen LogP contribution in [0.1, 0.15) is 5.56 Å². The Morgan fingerprint density at radius 3 is 2.89 bits per heavy atom. The molecule has 0 bridgehead atoms. The summed E-state index contributed by atoms with van der Waals surface area (Å²) in [5, 5.41) is 7.93. The van der Waals surface area contributed by atoms with Crippen molar-refractivity contribution in [3.05, 3.63) is 59.4 Å². The molecule has 19 heavy (non-hydrogen) atoms. The lowest BCUT2D eigenvalue weighted by atomic mass is 10.2. The molecule has 0 unspecified atom stereocenters. The monoisotopic (exact) mass is 250 g/mol. The molecule has 3 aromatic rings. The molecule has 5 heteroatoms. The van der Waals surface area contributed by atoms with E-state index >= 15 is 0 Å². The fourth-order valence-electron chi connectivity index (χ4n) is 1.80. The van der Waals surface area contributed by atoms with Gasteiger partial charge in [0.05, 0.1) is 6.57 Å². The van der Waals surface area contributed by atoms with E-state index in [0.717, 1.165) is 16.6 Å². The largest absolute Gasteiger partial charge is 0.367 e. The Morgan fingerprint density at radius 2 is 2.05 bits per heavy atom. The molecule has 0 N–H and O–H groups in total. The van der Waals surface area contributed by atoms with E-state index in [4.69, 9.17) is 11.4 Å². The summed E-state index contributed by atoms with van der Waals surface area (Å²) in [6, 6.07) is 12.9. The van der Waals surface area contributed by atoms with Gasteiger partial charge >= 0.3 is 0 Å². The molecule has 0 aliphatic heterocycles. The van der Waals surface area contributed by atoms with Crippen molar-refractivity contribution < 1.29 is 4.84 Å². The third kappa shape index (κ3) is 2.00. The van der Waals surface area contributed by atoms with Crippen molar-refractivity contribution in [2.24, 2.45) is 0 Å². The number of benzene rings is 2. The Hall–Kier alpha value is -2.87. The van der Waals surface area contributed by atoms with Crippen molar-refractivity contribution in [2.45, 2.75) is 6.92 Å². The van der Waals surface area contributed by atoms with Crippen LogP contribution in [0.3, 0.4) is 0 Å². The van der Waals surface area contributed by atoms with E-state index in [1.165, 1.54) is 4.85 Å². The molecule has 1 aromatic heterocycles. The number of fused-ring (bicyclic) bond motifs is 1. The maximum Gasteiger partial charge on any atom is 0.231 e. The van der Waals surface area contributed by atoms with Gasteiger partial charge in [-0.25, -0.2) is 4.85 Å². The van der Waals surface area contributed by atoms with Gasteiger partial charge in [0.1, 0.15) is 11.0 Å². The highest BCUT2D eigenvalue weighted by atomic mass is 16.7. The smallest absolute Gasteiger partial charge is 0.231 e. The second-order valence-electron chi connectivity index (χ2n) is 4.13. The molecule has 0 atom stereocenters. The minimum absolute atomic E-state index is 0.458. The summed E-state index contributed by atoms with van der Waals surface area (Å²) in [4.78, 5) is 10.4. The Kier molecular flexibility index (Phi) is 2.62. The number of nitrogens with zero attached hydrogens (tertiary/aromatic N) is 4. The summed E-state index contributed by atoms with van der Waals surface area (Å²) < 4.78 is 0. The highest BCUT2D eigenvalue weighted by Crippen LogP contribution is 2.29. The van der Waals surface area contributed by atoms with Gasteiger partial charge in [0.2, 0.25) is 5.69 Å². The summed E-state index contributed by atoms with van der Waals surface area (Å²) >= 11 is 0. The standard InChI is InChI=1S/C14H10N4O/c1-10-7-8-14(12(9-10)15-2)19-18-13-6-4-3-5-11(13)16-17-18/h3-9H,1H3. The maximum absolute atomic E-state index is 7.17. The van der Waals surface area contributed by atoms with Crippen LogP contribution in [0.2, 0.25) is 0 Å². The summed E-state index contributed by atoms with van der Waals surface area (Å²) in [5.41, 5.74) is 2.99. The predicted octanol–water partition coefficient (Wildman–Crippen LogP) is 3.13. The first-order chi connectivity index (χ1) is 9.28. The highest BCUT2D eigenvalue weighted by Gasteiger charge is 2.09. The zero-order valence-corrected chi connectivity index (χ0v) is 10.2. The van der Waals surface area contributed by atoms with E-state index < -0.39 is 0 Å². The molecule has 0 saturated carbocycles. The Bertz CT molecular complexity index is 785. The normalized spacial score (nSPS) is 10.3. The number of hydrogen-bond acceptors (Lipinski definition) is 3. The van der Waals surface area contributed by atoms with Crippen molar-refractivity contribution >= 4 is 16.7 Å². The number of hydrogen-bond donors (Lipinski definition) is 0.